The molecule has 0 bridgehead atoms. The molecule has 1 aromatic heterocycles. The number of nitrogens with one attached hydrogen (secondary N) is 1. The van der Waals surface area contributed by atoms with Crippen molar-refractivity contribution < 1.29 is 18.7 Å². The molecule has 0 spiro atoms. The zero-order chi connectivity index (χ0) is 23.1. The summed E-state index contributed by atoms with van der Waals surface area (Å²) in [5.41, 5.74) is 0.835. The largest absolute Gasteiger partial charge is 0.460 e. The minimum atomic E-state index is -0.697. The van der Waals surface area contributed by atoms with Gasteiger partial charge in [0.1, 0.15) is 12.4 Å². The van der Waals surface area contributed by atoms with E-state index < -0.39 is 11.2 Å². The minimum Gasteiger partial charge on any atom is -0.460 e. The first-order valence-electron chi connectivity index (χ1n) is 10.3. The zero-order valence-electron chi connectivity index (χ0n) is 18.3. The molecule has 32 heavy (non-hydrogen) atoms. The molecule has 1 N–H and O–H groups in total. The lowest BCUT2D eigenvalue weighted by Gasteiger charge is -2.20. The smallest absolute Gasteiger partial charge is 0.336 e. The summed E-state index contributed by atoms with van der Waals surface area (Å²) in [6.45, 7) is 6.69. The Balaban J connectivity index is 1.89. The molecule has 3 rings (SSSR count). The maximum atomic E-state index is 14.5. The number of aromatic nitrogens is 3. The SMILES string of the molecule is CCOCCOc1nc(-c2ccccc2F)n(-c2ccc(NC(=O)C(C)(C)CCl)cc2)n1. The van der Waals surface area contributed by atoms with Gasteiger partial charge in [-0.15, -0.1) is 16.7 Å². The second-order valence-electron chi connectivity index (χ2n) is 7.67. The standard InChI is InChI=1S/C23H26ClFN4O3/c1-4-31-13-14-32-22-27-20(18-7-5-6-8-19(18)25)29(28-22)17-11-9-16(10-12-17)26-21(30)23(2,3)15-24/h5-12H,4,13-15H2,1-3H3,(H,26,30). The quantitative estimate of drug-likeness (QED) is 0.350. The van der Waals surface area contributed by atoms with Crippen molar-refractivity contribution in [1.82, 2.24) is 14.8 Å². The van der Waals surface area contributed by atoms with Crippen molar-refractivity contribution in [2.24, 2.45) is 5.41 Å². The van der Waals surface area contributed by atoms with Gasteiger partial charge in [0.05, 0.1) is 23.3 Å². The number of benzene rings is 2. The van der Waals surface area contributed by atoms with E-state index in [1.165, 1.54) is 10.7 Å². The minimum absolute atomic E-state index is 0.115. The lowest BCUT2D eigenvalue weighted by Crippen LogP contribution is -2.32. The number of amides is 1. The second-order valence-corrected chi connectivity index (χ2v) is 7.94. The fourth-order valence-electron chi connectivity index (χ4n) is 2.73. The molecule has 0 fully saturated rings. The lowest BCUT2D eigenvalue weighted by atomic mass is 9.95. The summed E-state index contributed by atoms with van der Waals surface area (Å²) < 4.78 is 26.8. The highest BCUT2D eigenvalue weighted by Gasteiger charge is 2.26. The number of nitrogens with zero attached hydrogens (tertiary/aromatic N) is 3. The summed E-state index contributed by atoms with van der Waals surface area (Å²) >= 11 is 5.87. The summed E-state index contributed by atoms with van der Waals surface area (Å²) in [6.07, 6.45) is 0. The zero-order valence-corrected chi connectivity index (χ0v) is 19.0. The maximum absolute atomic E-state index is 14.5. The molecular weight excluding hydrogens is 435 g/mol. The number of hydrogen-bond acceptors (Lipinski definition) is 5. The van der Waals surface area contributed by atoms with Gasteiger partial charge in [0.2, 0.25) is 5.91 Å². The molecule has 0 aliphatic carbocycles. The van der Waals surface area contributed by atoms with E-state index in [1.807, 2.05) is 6.92 Å². The molecule has 0 radical (unpaired) electrons. The number of anilines is 1. The van der Waals surface area contributed by atoms with Crippen molar-refractivity contribution in [3.63, 3.8) is 0 Å². The molecule has 3 aromatic rings. The van der Waals surface area contributed by atoms with Crippen LogP contribution in [0.15, 0.2) is 48.5 Å². The van der Waals surface area contributed by atoms with Gasteiger partial charge in [-0.05, 0) is 57.2 Å². The van der Waals surface area contributed by atoms with Crippen LogP contribution in [0.3, 0.4) is 0 Å². The predicted octanol–water partition coefficient (Wildman–Crippen LogP) is 4.69. The third kappa shape index (κ3) is 5.63. The molecule has 2 aromatic carbocycles. The van der Waals surface area contributed by atoms with Crippen LogP contribution in [0, 0.1) is 11.2 Å². The highest BCUT2D eigenvalue weighted by Crippen LogP contribution is 2.27. The number of carbonyl (C=O) groups excluding carboxylic acids is 1. The van der Waals surface area contributed by atoms with Gasteiger partial charge in [-0.3, -0.25) is 4.79 Å². The Bertz CT molecular complexity index is 1050. The molecule has 1 heterocycles. The molecule has 0 saturated heterocycles. The van der Waals surface area contributed by atoms with Crippen LogP contribution in [-0.2, 0) is 9.53 Å². The molecule has 0 unspecified atom stereocenters. The normalized spacial score (nSPS) is 11.4. The van der Waals surface area contributed by atoms with E-state index in [9.17, 15) is 9.18 Å². The molecule has 0 aliphatic rings. The van der Waals surface area contributed by atoms with E-state index in [0.29, 0.717) is 36.0 Å². The van der Waals surface area contributed by atoms with E-state index in [-0.39, 0.29) is 24.4 Å². The summed E-state index contributed by atoms with van der Waals surface area (Å²) in [4.78, 5) is 16.7. The average molecular weight is 461 g/mol. The monoisotopic (exact) mass is 460 g/mol. The fourth-order valence-corrected chi connectivity index (χ4v) is 2.86. The fraction of sp³-hybridized carbons (Fsp3) is 0.348. The molecule has 0 saturated carbocycles. The first-order chi connectivity index (χ1) is 15.4. The predicted molar refractivity (Wildman–Crippen MR) is 122 cm³/mol. The Hall–Kier alpha value is -2.97. The number of rotatable bonds is 10. The van der Waals surface area contributed by atoms with E-state index in [0.717, 1.165) is 0 Å². The van der Waals surface area contributed by atoms with E-state index in [1.54, 1.807) is 56.3 Å². The number of hydrogen-bond donors (Lipinski definition) is 1. The van der Waals surface area contributed by atoms with Crippen LogP contribution in [-0.4, -0.2) is 46.4 Å². The van der Waals surface area contributed by atoms with Gasteiger partial charge < -0.3 is 14.8 Å². The molecular formula is C23H26ClFN4O3. The maximum Gasteiger partial charge on any atom is 0.336 e. The Morgan fingerprint density at radius 2 is 1.88 bits per heavy atom. The third-order valence-electron chi connectivity index (χ3n) is 4.68. The molecule has 1 amide bonds. The first-order valence-corrected chi connectivity index (χ1v) is 10.8. The van der Waals surface area contributed by atoms with Crippen molar-refractivity contribution in [3.8, 4) is 23.1 Å². The number of carbonyl (C=O) groups is 1. The molecule has 170 valence electrons. The number of ether oxygens (including phenoxy) is 2. The lowest BCUT2D eigenvalue weighted by molar-refractivity contribution is -0.122. The van der Waals surface area contributed by atoms with Crippen LogP contribution >= 0.6 is 11.6 Å². The topological polar surface area (TPSA) is 78.3 Å². The molecule has 7 nitrogen and oxygen atoms in total. The van der Waals surface area contributed by atoms with Crippen LogP contribution < -0.4 is 10.1 Å². The Morgan fingerprint density at radius 3 is 2.53 bits per heavy atom. The van der Waals surface area contributed by atoms with E-state index in [4.69, 9.17) is 21.1 Å². The van der Waals surface area contributed by atoms with Crippen molar-refractivity contribution in [2.45, 2.75) is 20.8 Å². The molecule has 0 aliphatic heterocycles. The van der Waals surface area contributed by atoms with Crippen molar-refractivity contribution in [2.75, 3.05) is 31.0 Å². The van der Waals surface area contributed by atoms with Gasteiger partial charge >= 0.3 is 6.01 Å². The third-order valence-corrected chi connectivity index (χ3v) is 5.35. The Kier molecular flexibility index (Phi) is 7.82. The average Bonchev–Trinajstić information content (AvgIpc) is 3.21. The Labute approximate surface area is 191 Å². The van der Waals surface area contributed by atoms with Gasteiger partial charge in [0, 0.05) is 18.2 Å². The first kappa shape index (κ1) is 23.7. The summed E-state index contributed by atoms with van der Waals surface area (Å²) in [5, 5.41) is 7.24. The van der Waals surface area contributed by atoms with E-state index in [2.05, 4.69) is 15.4 Å². The van der Waals surface area contributed by atoms with Crippen molar-refractivity contribution >= 4 is 23.2 Å². The highest BCUT2D eigenvalue weighted by atomic mass is 35.5. The number of halogens is 2. The van der Waals surface area contributed by atoms with Crippen molar-refractivity contribution in [1.29, 1.82) is 0 Å². The van der Waals surface area contributed by atoms with Crippen LogP contribution in [0.25, 0.3) is 17.1 Å². The molecule has 0 atom stereocenters. The van der Waals surface area contributed by atoms with Gasteiger partial charge in [-0.25, -0.2) is 9.07 Å². The highest BCUT2D eigenvalue weighted by molar-refractivity contribution is 6.20. The van der Waals surface area contributed by atoms with E-state index >= 15 is 0 Å². The van der Waals surface area contributed by atoms with Gasteiger partial charge in [0.25, 0.3) is 0 Å². The van der Waals surface area contributed by atoms with Crippen LogP contribution in [0.1, 0.15) is 20.8 Å². The Morgan fingerprint density at radius 1 is 1.16 bits per heavy atom. The molecule has 9 heteroatoms. The van der Waals surface area contributed by atoms with Crippen LogP contribution in [0.4, 0.5) is 10.1 Å². The van der Waals surface area contributed by atoms with Crippen LogP contribution in [0.5, 0.6) is 6.01 Å². The second kappa shape index (κ2) is 10.6. The summed E-state index contributed by atoms with van der Waals surface area (Å²) in [7, 11) is 0. The summed E-state index contributed by atoms with van der Waals surface area (Å²) in [5.74, 6) is -0.102. The number of alkyl halides is 1. The van der Waals surface area contributed by atoms with Crippen LogP contribution in [0.2, 0.25) is 0 Å². The van der Waals surface area contributed by atoms with Gasteiger partial charge in [0.15, 0.2) is 5.82 Å². The van der Waals surface area contributed by atoms with Gasteiger partial charge in [-0.1, -0.05) is 12.1 Å². The summed E-state index contributed by atoms with van der Waals surface area (Å²) in [6, 6.07) is 13.4. The van der Waals surface area contributed by atoms with Crippen molar-refractivity contribution in [3.05, 3.63) is 54.3 Å². The van der Waals surface area contributed by atoms with Gasteiger partial charge in [-0.2, -0.15) is 4.98 Å².